The van der Waals surface area contributed by atoms with Crippen LogP contribution >= 0.6 is 0 Å². The van der Waals surface area contributed by atoms with Crippen LogP contribution < -0.4 is 9.47 Å². The number of unbranched alkanes of at least 4 members (excludes halogenated alkanes) is 11. The number of halogens is 1. The van der Waals surface area contributed by atoms with Crippen molar-refractivity contribution >= 4 is 11.8 Å². The van der Waals surface area contributed by atoms with Crippen molar-refractivity contribution < 1.29 is 43.2 Å². The number of hydrogen-bond acceptors (Lipinski definition) is 9. The first-order valence-corrected chi connectivity index (χ1v) is 24.0. The zero-order valence-corrected chi connectivity index (χ0v) is 38.2. The number of allylic oxidation sites excluding steroid dienone is 1. The van der Waals surface area contributed by atoms with Gasteiger partial charge < -0.3 is 34.0 Å². The topological polar surface area (TPSA) is 119 Å². The second-order valence-electron chi connectivity index (χ2n) is 17.3. The van der Waals surface area contributed by atoms with Gasteiger partial charge in [0.25, 0.3) is 0 Å². The highest BCUT2D eigenvalue weighted by molar-refractivity contribution is 6.03. The molecule has 5 rings (SSSR count). The molecule has 1 fully saturated rings. The maximum atomic E-state index is 14.8. The predicted octanol–water partition coefficient (Wildman–Crippen LogP) is 11.6. The molecule has 0 spiro atoms. The molecule has 1 amide bonds. The first kappa shape index (κ1) is 49.8. The van der Waals surface area contributed by atoms with E-state index in [4.69, 9.17) is 28.9 Å². The molecule has 0 saturated heterocycles. The average Bonchev–Trinajstić information content (AvgIpc) is 3.29. The molecule has 2 aliphatic carbocycles. The molecule has 348 valence electrons. The van der Waals surface area contributed by atoms with Gasteiger partial charge in [0.1, 0.15) is 36.6 Å². The van der Waals surface area contributed by atoms with E-state index in [2.05, 4.69) is 32.2 Å². The minimum Gasteiger partial charge on any atom is -0.490 e. The predicted molar refractivity (Wildman–Crippen MR) is 247 cm³/mol. The summed E-state index contributed by atoms with van der Waals surface area (Å²) in [5.41, 5.74) is 3.34. The number of rotatable bonds is 30. The Morgan fingerprint density at radius 1 is 0.889 bits per heavy atom. The minimum absolute atomic E-state index is 0.0638. The summed E-state index contributed by atoms with van der Waals surface area (Å²) in [5, 5.41) is 24.6. The van der Waals surface area contributed by atoms with Crippen LogP contribution in [-0.4, -0.2) is 78.4 Å². The molecule has 11 heteroatoms. The lowest BCUT2D eigenvalue weighted by molar-refractivity contribution is -0.256. The van der Waals surface area contributed by atoms with Gasteiger partial charge in [0.05, 0.1) is 24.8 Å². The summed E-state index contributed by atoms with van der Waals surface area (Å²) in [5.74, 6) is -1.02. The highest BCUT2D eigenvalue weighted by Gasteiger charge is 2.65. The van der Waals surface area contributed by atoms with Crippen LogP contribution in [0, 0.1) is 23.6 Å². The maximum absolute atomic E-state index is 14.8. The molecule has 0 aromatic heterocycles. The number of nitrogens with zero attached hydrogens (tertiary/aromatic N) is 2. The van der Waals surface area contributed by atoms with Gasteiger partial charge in [0.2, 0.25) is 5.79 Å². The van der Waals surface area contributed by atoms with Gasteiger partial charge >= 0.3 is 6.09 Å². The lowest BCUT2D eigenvalue weighted by Crippen LogP contribution is -2.70. The smallest absolute Gasteiger partial charge is 0.410 e. The number of benzene rings is 2. The second kappa shape index (κ2) is 26.6. The lowest BCUT2D eigenvalue weighted by atomic mass is 9.55. The van der Waals surface area contributed by atoms with Crippen LogP contribution in [0.15, 0.2) is 84.6 Å². The summed E-state index contributed by atoms with van der Waals surface area (Å²) in [6.45, 7) is 13.4. The second-order valence-corrected chi connectivity index (χ2v) is 17.3. The zero-order valence-electron chi connectivity index (χ0n) is 38.2. The van der Waals surface area contributed by atoms with Crippen molar-refractivity contribution in [1.82, 2.24) is 4.90 Å². The van der Waals surface area contributed by atoms with E-state index in [1.807, 2.05) is 19.1 Å². The van der Waals surface area contributed by atoms with E-state index in [9.17, 15) is 19.4 Å². The first-order chi connectivity index (χ1) is 30.8. The minimum atomic E-state index is -1.45. The number of aliphatic hydroxyl groups excluding tert-OH is 2. The number of oxime groups is 1. The summed E-state index contributed by atoms with van der Waals surface area (Å²) >= 11 is 0. The molecular weight excluding hydrogens is 800 g/mol. The Labute approximate surface area is 376 Å². The quantitative estimate of drug-likeness (QED) is 0.0452. The molecule has 0 bridgehead atoms. The molecule has 2 aromatic carbocycles. The summed E-state index contributed by atoms with van der Waals surface area (Å²) in [4.78, 5) is 22.4. The first-order valence-electron chi connectivity index (χ1n) is 24.0. The summed E-state index contributed by atoms with van der Waals surface area (Å²) in [6.07, 6.45) is 21.7. The molecule has 10 nitrogen and oxygen atoms in total. The molecule has 1 aliphatic heterocycles. The standard InChI is InChI=1S/C52H75FN2O8/c1-5-9-10-11-12-13-14-15-16-21-34-60-51(58)55(38-39-24-26-41(53)27-25-39)48-37-46(54-62-8-4)44-35-40(22-17-19-30-56)43(23-18-20-31-57)49-45-36-42(59-32-6-2)28-29-47(45)63-52(48,50(44)49)61-33-7-3/h6-7,24-29,35-36,40,43,48-50,56-57H,2-3,5,8-23,30-34,37-38H2,1,4H3/t40-,43+,48-,49+,50+,52+/m0/s1. The van der Waals surface area contributed by atoms with Crippen molar-refractivity contribution in [3.05, 3.63) is 96.4 Å². The van der Waals surface area contributed by atoms with Gasteiger partial charge in [-0.2, -0.15) is 0 Å². The maximum Gasteiger partial charge on any atom is 0.410 e. The average molecular weight is 875 g/mol. The molecule has 63 heavy (non-hydrogen) atoms. The Balaban J connectivity index is 1.61. The molecule has 0 unspecified atom stereocenters. The van der Waals surface area contributed by atoms with Gasteiger partial charge in [0.15, 0.2) is 0 Å². The van der Waals surface area contributed by atoms with Crippen LogP contribution in [0.1, 0.15) is 140 Å². The largest absolute Gasteiger partial charge is 0.490 e. The summed E-state index contributed by atoms with van der Waals surface area (Å²) < 4.78 is 41.0. The van der Waals surface area contributed by atoms with Gasteiger partial charge in [-0.25, -0.2) is 9.18 Å². The SMILES string of the molecule is C=CCOc1ccc2c(c1)[C@H]1[C@H](CCCCO)[C@@H](CCCCO)C=C3C(=NOCC)C[C@H](N(Cc4ccc(F)cc4)C(=O)OCCCCCCCCCCCC)[C@@](OCC=C)(O2)[C@H]31. The van der Waals surface area contributed by atoms with Gasteiger partial charge in [-0.05, 0) is 92.3 Å². The van der Waals surface area contributed by atoms with Crippen molar-refractivity contribution in [2.24, 2.45) is 22.9 Å². The summed E-state index contributed by atoms with van der Waals surface area (Å²) in [6, 6.07) is 11.3. The third-order valence-corrected chi connectivity index (χ3v) is 12.9. The fourth-order valence-corrected chi connectivity index (χ4v) is 9.96. The van der Waals surface area contributed by atoms with E-state index < -0.39 is 23.8 Å². The van der Waals surface area contributed by atoms with E-state index in [1.54, 1.807) is 29.2 Å². The molecule has 3 aliphatic rings. The number of carbonyl (C=O) groups excluding carboxylic acids is 1. The van der Waals surface area contributed by atoms with Crippen molar-refractivity contribution in [2.75, 3.05) is 39.6 Å². The molecule has 1 saturated carbocycles. The molecule has 2 N–H and O–H groups in total. The van der Waals surface area contributed by atoms with Gasteiger partial charge in [0, 0.05) is 37.7 Å². The van der Waals surface area contributed by atoms with Crippen LogP contribution in [0.5, 0.6) is 11.5 Å². The van der Waals surface area contributed by atoms with Crippen molar-refractivity contribution in [1.29, 1.82) is 0 Å². The van der Waals surface area contributed by atoms with Crippen LogP contribution in [0.4, 0.5) is 9.18 Å². The Hall–Kier alpha value is -4.19. The van der Waals surface area contributed by atoms with Crippen LogP contribution in [0.3, 0.4) is 0 Å². The monoisotopic (exact) mass is 875 g/mol. The van der Waals surface area contributed by atoms with E-state index in [0.29, 0.717) is 43.3 Å². The molecular formula is C52H75FN2O8. The van der Waals surface area contributed by atoms with Crippen LogP contribution in [0.2, 0.25) is 0 Å². The highest BCUT2D eigenvalue weighted by atomic mass is 19.1. The molecule has 2 aromatic rings. The molecule has 1 heterocycles. The summed E-state index contributed by atoms with van der Waals surface area (Å²) in [7, 11) is 0. The Morgan fingerprint density at radius 3 is 2.24 bits per heavy atom. The van der Waals surface area contributed by atoms with E-state index in [1.165, 1.54) is 57.1 Å². The zero-order chi connectivity index (χ0) is 44.9. The normalized spacial score (nSPS) is 22.9. The Morgan fingerprint density at radius 2 is 1.57 bits per heavy atom. The Bertz CT molecular complexity index is 1770. The number of amides is 1. The number of aliphatic hydroxyl groups is 2. The fourth-order valence-electron chi connectivity index (χ4n) is 9.96. The van der Waals surface area contributed by atoms with Crippen molar-refractivity contribution in [3.63, 3.8) is 0 Å². The van der Waals surface area contributed by atoms with Gasteiger partial charge in [-0.15, -0.1) is 6.58 Å². The van der Waals surface area contributed by atoms with Gasteiger partial charge in [-0.3, -0.25) is 4.90 Å². The van der Waals surface area contributed by atoms with Crippen LogP contribution in [-0.2, 0) is 20.9 Å². The number of hydrogen-bond donors (Lipinski definition) is 2. The third-order valence-electron chi connectivity index (χ3n) is 12.9. The highest BCUT2D eigenvalue weighted by Crippen LogP contribution is 2.62. The van der Waals surface area contributed by atoms with Gasteiger partial charge in [-0.1, -0.05) is 120 Å². The number of carbonyl (C=O) groups is 1. The molecule has 6 atom stereocenters. The third kappa shape index (κ3) is 13.4. The lowest BCUT2D eigenvalue weighted by Gasteiger charge is -2.59. The van der Waals surface area contributed by atoms with Crippen molar-refractivity contribution in [2.45, 2.75) is 147 Å². The van der Waals surface area contributed by atoms with E-state index >= 15 is 0 Å². The van der Waals surface area contributed by atoms with E-state index in [0.717, 1.165) is 61.6 Å². The number of fused-ring (bicyclic) bond motifs is 2. The van der Waals surface area contributed by atoms with Crippen molar-refractivity contribution in [3.8, 4) is 11.5 Å². The number of ether oxygens (including phenoxy) is 4. The fraction of sp³-hybridized carbons (Fsp3) is 0.615. The Kier molecular flexibility index (Phi) is 21.0. The van der Waals surface area contributed by atoms with E-state index in [-0.39, 0.29) is 63.0 Å². The van der Waals surface area contributed by atoms with Crippen LogP contribution in [0.25, 0.3) is 0 Å². The molecule has 0 radical (unpaired) electrons.